The molecular formula is C26H26BrClN6O3S. The number of thiazole rings is 1. The number of para-hydroxylation sites is 1. The second-order valence-corrected chi connectivity index (χ2v) is 11.2. The Hall–Kier alpha value is -3.15. The number of piperidine rings is 1. The minimum Gasteiger partial charge on any atom is -0.388 e. The van der Waals surface area contributed by atoms with Crippen LogP contribution in [0.25, 0.3) is 10.2 Å². The van der Waals surface area contributed by atoms with Gasteiger partial charge in [0, 0.05) is 26.7 Å². The quantitative estimate of drug-likeness (QED) is 0.260. The standard InChI is InChI=1S/C26H26BrClN6O3S/c1-33-22(31-23(35)17-6-2-3-7-18(17)28)21(27)24(32-33)37-26(36)29-13-10-16-11-14-34(15-12-16)25-30-19-8-4-5-9-20(19)38-25/h2-9,16H,10-15H2,1H3,(H,29,36)(H,31,35). The lowest BCUT2D eigenvalue weighted by atomic mass is 9.94. The maximum absolute atomic E-state index is 12.6. The zero-order valence-electron chi connectivity index (χ0n) is 20.6. The number of fused-ring (bicyclic) bond motifs is 1. The fraction of sp³-hybridized carbons (Fsp3) is 0.308. The zero-order valence-corrected chi connectivity index (χ0v) is 23.8. The molecule has 0 aliphatic carbocycles. The number of hydrogen-bond acceptors (Lipinski definition) is 7. The predicted octanol–water partition coefficient (Wildman–Crippen LogP) is 6.09. The fourth-order valence-electron chi connectivity index (χ4n) is 4.41. The first kappa shape index (κ1) is 26.5. The maximum atomic E-state index is 12.6. The van der Waals surface area contributed by atoms with Crippen LogP contribution in [0.1, 0.15) is 29.6 Å². The number of hydrogen-bond donors (Lipinski definition) is 2. The largest absolute Gasteiger partial charge is 0.414 e. The minimum absolute atomic E-state index is 0.0589. The Morgan fingerprint density at radius 2 is 1.89 bits per heavy atom. The Balaban J connectivity index is 1.08. The second kappa shape index (κ2) is 11.7. The highest BCUT2D eigenvalue weighted by Crippen LogP contribution is 2.33. The van der Waals surface area contributed by atoms with Crippen molar-refractivity contribution in [1.82, 2.24) is 20.1 Å². The van der Waals surface area contributed by atoms with E-state index in [9.17, 15) is 9.59 Å². The Bertz CT molecular complexity index is 1430. The molecule has 2 N–H and O–H groups in total. The lowest BCUT2D eigenvalue weighted by Crippen LogP contribution is -2.35. The summed E-state index contributed by atoms with van der Waals surface area (Å²) in [5, 5.41) is 11.2. The SMILES string of the molecule is Cn1nc(OC(=O)NCCC2CCN(c3nc4ccccc4s3)CC2)c(Br)c1NC(=O)c1ccccc1Cl. The molecule has 0 bridgehead atoms. The summed E-state index contributed by atoms with van der Waals surface area (Å²) in [5.41, 5.74) is 1.38. The summed E-state index contributed by atoms with van der Waals surface area (Å²) in [6, 6.07) is 14.9. The number of aromatic nitrogens is 3. The summed E-state index contributed by atoms with van der Waals surface area (Å²) in [4.78, 5) is 32.2. The van der Waals surface area contributed by atoms with E-state index in [0.29, 0.717) is 33.3 Å². The molecule has 9 nitrogen and oxygen atoms in total. The van der Waals surface area contributed by atoms with Crippen LogP contribution in [0.2, 0.25) is 5.02 Å². The van der Waals surface area contributed by atoms with Gasteiger partial charge in [-0.1, -0.05) is 47.2 Å². The van der Waals surface area contributed by atoms with Gasteiger partial charge in [-0.25, -0.2) is 14.5 Å². The number of carbonyl (C=O) groups excluding carboxylic acids is 2. The number of halogens is 2. The van der Waals surface area contributed by atoms with Crippen molar-refractivity contribution in [2.45, 2.75) is 19.3 Å². The van der Waals surface area contributed by atoms with Gasteiger partial charge in [0.05, 0.1) is 20.8 Å². The van der Waals surface area contributed by atoms with E-state index >= 15 is 0 Å². The zero-order chi connectivity index (χ0) is 26.6. The van der Waals surface area contributed by atoms with E-state index in [1.54, 1.807) is 42.6 Å². The van der Waals surface area contributed by atoms with Gasteiger partial charge >= 0.3 is 6.09 Å². The smallest absolute Gasteiger partial charge is 0.388 e. The normalized spacial score (nSPS) is 14.0. The number of aryl methyl sites for hydroxylation is 1. The van der Waals surface area contributed by atoms with E-state index in [1.807, 2.05) is 18.2 Å². The molecular weight excluding hydrogens is 592 g/mol. The highest BCUT2D eigenvalue weighted by atomic mass is 79.9. The number of rotatable bonds is 7. The van der Waals surface area contributed by atoms with E-state index in [2.05, 4.69) is 42.6 Å². The van der Waals surface area contributed by atoms with Crippen LogP contribution < -0.4 is 20.3 Å². The first-order valence-electron chi connectivity index (χ1n) is 12.2. The Kier molecular flexibility index (Phi) is 8.15. The van der Waals surface area contributed by atoms with Gasteiger partial charge in [-0.2, -0.15) is 0 Å². The van der Waals surface area contributed by atoms with Crippen molar-refractivity contribution in [3.8, 4) is 5.88 Å². The fourth-order valence-corrected chi connectivity index (χ4v) is 6.16. The van der Waals surface area contributed by atoms with Gasteiger partial charge in [-0.15, -0.1) is 5.10 Å². The number of nitrogens with one attached hydrogen (secondary N) is 2. The third-order valence-electron chi connectivity index (χ3n) is 6.49. The number of benzene rings is 2. The molecule has 0 atom stereocenters. The van der Waals surface area contributed by atoms with Crippen molar-refractivity contribution in [2.75, 3.05) is 29.9 Å². The average molecular weight is 618 g/mol. The van der Waals surface area contributed by atoms with Crippen LogP contribution in [0, 0.1) is 5.92 Å². The molecule has 1 aliphatic heterocycles. The molecule has 0 unspecified atom stereocenters. The maximum Gasteiger partial charge on any atom is 0.414 e. The van der Waals surface area contributed by atoms with Crippen molar-refractivity contribution < 1.29 is 14.3 Å². The molecule has 4 aromatic rings. The topological polar surface area (TPSA) is 101 Å². The first-order valence-corrected chi connectivity index (χ1v) is 14.2. The highest BCUT2D eigenvalue weighted by Gasteiger charge is 2.23. The van der Waals surface area contributed by atoms with E-state index in [4.69, 9.17) is 21.3 Å². The van der Waals surface area contributed by atoms with Crippen LogP contribution in [0.15, 0.2) is 53.0 Å². The summed E-state index contributed by atoms with van der Waals surface area (Å²) >= 11 is 11.2. The van der Waals surface area contributed by atoms with Crippen LogP contribution in [-0.2, 0) is 7.05 Å². The van der Waals surface area contributed by atoms with E-state index < -0.39 is 12.0 Å². The summed E-state index contributed by atoms with van der Waals surface area (Å²) in [6.07, 6.45) is 2.37. The van der Waals surface area contributed by atoms with Crippen molar-refractivity contribution in [3.63, 3.8) is 0 Å². The van der Waals surface area contributed by atoms with Crippen molar-refractivity contribution in [1.29, 1.82) is 0 Å². The molecule has 2 aromatic heterocycles. The lowest BCUT2D eigenvalue weighted by Gasteiger charge is -2.31. The van der Waals surface area contributed by atoms with Crippen LogP contribution in [0.3, 0.4) is 0 Å². The summed E-state index contributed by atoms with van der Waals surface area (Å²) in [7, 11) is 1.64. The third-order valence-corrected chi connectivity index (χ3v) is 8.63. The first-order chi connectivity index (χ1) is 18.4. The molecule has 0 radical (unpaired) electrons. The molecule has 38 heavy (non-hydrogen) atoms. The number of amides is 2. The molecule has 1 fully saturated rings. The van der Waals surface area contributed by atoms with Gasteiger partial charge in [0.25, 0.3) is 11.8 Å². The molecule has 5 rings (SSSR count). The number of nitrogens with zero attached hydrogens (tertiary/aromatic N) is 4. The van der Waals surface area contributed by atoms with Gasteiger partial charge in [0.1, 0.15) is 10.3 Å². The molecule has 2 aromatic carbocycles. The van der Waals surface area contributed by atoms with Crippen molar-refractivity contribution in [3.05, 3.63) is 63.6 Å². The summed E-state index contributed by atoms with van der Waals surface area (Å²) < 4.78 is 8.38. The van der Waals surface area contributed by atoms with Crippen molar-refractivity contribution >= 4 is 72.0 Å². The highest BCUT2D eigenvalue weighted by molar-refractivity contribution is 9.10. The van der Waals surface area contributed by atoms with Gasteiger partial charge < -0.3 is 20.3 Å². The van der Waals surface area contributed by atoms with E-state index in [-0.39, 0.29) is 5.88 Å². The predicted molar refractivity (Wildman–Crippen MR) is 154 cm³/mol. The number of carbonyl (C=O) groups is 2. The molecule has 1 saturated heterocycles. The molecule has 198 valence electrons. The molecule has 2 amide bonds. The Morgan fingerprint density at radius 1 is 1.16 bits per heavy atom. The summed E-state index contributed by atoms with van der Waals surface area (Å²) in [6.45, 7) is 2.42. The molecule has 1 aliphatic rings. The minimum atomic E-state index is -0.598. The van der Waals surface area contributed by atoms with Crippen LogP contribution in [0.4, 0.5) is 15.7 Å². The second-order valence-electron chi connectivity index (χ2n) is 9.02. The van der Waals surface area contributed by atoms with Gasteiger partial charge in [-0.3, -0.25) is 4.79 Å². The van der Waals surface area contributed by atoms with Crippen LogP contribution in [0.5, 0.6) is 5.88 Å². The van der Waals surface area contributed by atoms with E-state index in [1.165, 1.54) is 9.38 Å². The molecule has 3 heterocycles. The monoisotopic (exact) mass is 616 g/mol. The Morgan fingerprint density at radius 3 is 2.66 bits per heavy atom. The molecule has 0 saturated carbocycles. The van der Waals surface area contributed by atoms with Crippen molar-refractivity contribution in [2.24, 2.45) is 13.0 Å². The van der Waals surface area contributed by atoms with Gasteiger partial charge in [-0.05, 0) is 65.4 Å². The van der Waals surface area contributed by atoms with Crippen LogP contribution >= 0.6 is 38.9 Å². The molecule has 0 spiro atoms. The average Bonchev–Trinajstić information content (AvgIpc) is 3.46. The molecule has 12 heteroatoms. The van der Waals surface area contributed by atoms with Gasteiger partial charge in [0.15, 0.2) is 5.13 Å². The Labute approximate surface area is 237 Å². The third kappa shape index (κ3) is 5.95. The summed E-state index contributed by atoms with van der Waals surface area (Å²) in [5.74, 6) is 0.528. The van der Waals surface area contributed by atoms with Gasteiger partial charge in [0.2, 0.25) is 0 Å². The van der Waals surface area contributed by atoms with E-state index in [0.717, 1.165) is 43.0 Å². The number of anilines is 2. The lowest BCUT2D eigenvalue weighted by molar-refractivity contribution is 0.102. The van der Waals surface area contributed by atoms with Crippen LogP contribution in [-0.4, -0.2) is 46.4 Å². The number of ether oxygens (including phenoxy) is 1.